The second kappa shape index (κ2) is 6.91. The Hall–Kier alpha value is -2.90. The van der Waals surface area contributed by atoms with Crippen molar-refractivity contribution in [3.8, 4) is 5.75 Å². The fourth-order valence-electron chi connectivity index (χ4n) is 2.45. The van der Waals surface area contributed by atoms with Gasteiger partial charge in [-0.15, -0.1) is 10.2 Å². The van der Waals surface area contributed by atoms with Gasteiger partial charge >= 0.3 is 0 Å². The summed E-state index contributed by atoms with van der Waals surface area (Å²) in [5.74, 6) is 1.53. The number of ether oxygens (including phenoxy) is 1. The van der Waals surface area contributed by atoms with Crippen molar-refractivity contribution < 1.29 is 4.74 Å². The first-order valence-corrected chi connectivity index (χ1v) is 7.35. The molecule has 0 spiro atoms. The lowest BCUT2D eigenvalue weighted by Crippen LogP contribution is -2.27. The summed E-state index contributed by atoms with van der Waals surface area (Å²) < 4.78 is 7.37. The third kappa shape index (κ3) is 3.47. The number of aromatic nitrogens is 6. The molecule has 120 valence electrons. The van der Waals surface area contributed by atoms with Crippen LogP contribution in [0.1, 0.15) is 11.5 Å². The van der Waals surface area contributed by atoms with Crippen molar-refractivity contribution >= 4 is 5.69 Å². The third-order valence-electron chi connectivity index (χ3n) is 3.70. The molecule has 3 aromatic rings. The van der Waals surface area contributed by atoms with Crippen LogP contribution in [0.3, 0.4) is 0 Å². The number of aromatic amines is 1. The number of H-pyrrole nitrogens is 1. The number of rotatable bonds is 7. The lowest BCUT2D eigenvalue weighted by Gasteiger charge is -2.26. The molecule has 1 N–H and O–H groups in total. The van der Waals surface area contributed by atoms with Crippen LogP contribution in [0.25, 0.3) is 0 Å². The number of hydrogen-bond donors (Lipinski definition) is 1. The fourth-order valence-corrected chi connectivity index (χ4v) is 2.45. The van der Waals surface area contributed by atoms with Gasteiger partial charge in [-0.25, -0.2) is 0 Å². The van der Waals surface area contributed by atoms with Gasteiger partial charge in [-0.1, -0.05) is 17.3 Å². The highest BCUT2D eigenvalue weighted by Gasteiger charge is 2.15. The van der Waals surface area contributed by atoms with Gasteiger partial charge in [0, 0.05) is 26.2 Å². The molecule has 8 nitrogen and oxygen atoms in total. The van der Waals surface area contributed by atoms with Crippen molar-refractivity contribution in [2.45, 2.75) is 13.0 Å². The molecule has 0 radical (unpaired) electrons. The second-order valence-electron chi connectivity index (χ2n) is 5.12. The number of anilines is 1. The van der Waals surface area contributed by atoms with Crippen molar-refractivity contribution in [3.05, 3.63) is 48.0 Å². The van der Waals surface area contributed by atoms with E-state index in [-0.39, 0.29) is 0 Å². The molecule has 23 heavy (non-hydrogen) atoms. The summed E-state index contributed by atoms with van der Waals surface area (Å²) in [6.07, 6.45) is 2.49. The summed E-state index contributed by atoms with van der Waals surface area (Å²) in [5, 5.41) is 18.4. The Kier molecular flexibility index (Phi) is 4.51. The van der Waals surface area contributed by atoms with Gasteiger partial charge < -0.3 is 9.64 Å². The summed E-state index contributed by atoms with van der Waals surface area (Å²) in [7, 11) is 3.62. The van der Waals surface area contributed by atoms with Crippen LogP contribution < -0.4 is 9.64 Å². The first-order chi connectivity index (χ1) is 11.3. The van der Waals surface area contributed by atoms with Gasteiger partial charge in [0.15, 0.2) is 5.82 Å². The van der Waals surface area contributed by atoms with Crippen LogP contribution in [-0.4, -0.2) is 44.1 Å². The molecule has 0 fully saturated rings. The van der Waals surface area contributed by atoms with Crippen LogP contribution >= 0.6 is 0 Å². The number of hydrogen-bond acceptors (Lipinski definition) is 6. The zero-order chi connectivity index (χ0) is 16.1. The lowest BCUT2D eigenvalue weighted by atomic mass is 10.2. The van der Waals surface area contributed by atoms with E-state index in [1.54, 1.807) is 13.3 Å². The summed E-state index contributed by atoms with van der Waals surface area (Å²) in [6, 6.07) is 9.98. The molecule has 0 aliphatic carbocycles. The number of methoxy groups -OCH3 is 1. The van der Waals surface area contributed by atoms with Crippen molar-refractivity contribution in [2.75, 3.05) is 18.6 Å². The number of nitrogens with zero attached hydrogens (tertiary/aromatic N) is 6. The maximum atomic E-state index is 5.50. The van der Waals surface area contributed by atoms with Crippen molar-refractivity contribution in [2.24, 2.45) is 7.05 Å². The zero-order valence-electron chi connectivity index (χ0n) is 13.2. The van der Waals surface area contributed by atoms with Crippen molar-refractivity contribution in [1.29, 1.82) is 0 Å². The van der Waals surface area contributed by atoms with E-state index in [9.17, 15) is 0 Å². The monoisotopic (exact) mass is 313 g/mol. The molecule has 0 saturated heterocycles. The number of nitrogens with one attached hydrogen (secondary N) is 1. The largest absolute Gasteiger partial charge is 0.495 e. The molecule has 0 atom stereocenters. The predicted octanol–water partition coefficient (Wildman–Crippen LogP) is 1.19. The van der Waals surface area contributed by atoms with Crippen LogP contribution in [-0.2, 0) is 20.0 Å². The Morgan fingerprint density at radius 1 is 1.26 bits per heavy atom. The smallest absolute Gasteiger partial charge is 0.176 e. The van der Waals surface area contributed by atoms with E-state index in [2.05, 4.69) is 30.6 Å². The van der Waals surface area contributed by atoms with Crippen LogP contribution in [0.5, 0.6) is 5.75 Å². The average Bonchev–Trinajstić information content (AvgIpc) is 3.23. The molecule has 0 saturated carbocycles. The predicted molar refractivity (Wildman–Crippen MR) is 85.1 cm³/mol. The molecule has 0 aliphatic rings. The van der Waals surface area contributed by atoms with Crippen LogP contribution in [0.15, 0.2) is 36.5 Å². The normalized spacial score (nSPS) is 10.7. The van der Waals surface area contributed by atoms with E-state index in [0.29, 0.717) is 18.8 Å². The van der Waals surface area contributed by atoms with Crippen LogP contribution in [0, 0.1) is 0 Å². The molecule has 0 aliphatic heterocycles. The molecule has 3 rings (SSSR count). The second-order valence-corrected chi connectivity index (χ2v) is 5.12. The van der Waals surface area contributed by atoms with Crippen molar-refractivity contribution in [1.82, 2.24) is 30.4 Å². The summed E-state index contributed by atoms with van der Waals surface area (Å²) >= 11 is 0. The van der Waals surface area contributed by atoms with Crippen molar-refractivity contribution in [3.63, 3.8) is 0 Å². The molecule has 8 heteroatoms. The highest BCUT2D eigenvalue weighted by Crippen LogP contribution is 2.28. The Labute approximate surface area is 134 Å². The molecule has 0 bridgehead atoms. The highest BCUT2D eigenvalue weighted by molar-refractivity contribution is 5.58. The van der Waals surface area contributed by atoms with Crippen LogP contribution in [0.4, 0.5) is 5.69 Å². The van der Waals surface area contributed by atoms with E-state index < -0.39 is 0 Å². The maximum absolute atomic E-state index is 5.50. The third-order valence-corrected chi connectivity index (χ3v) is 3.70. The Bertz CT molecular complexity index is 738. The number of para-hydroxylation sites is 2. The first kappa shape index (κ1) is 15.0. The van der Waals surface area contributed by atoms with E-state index in [4.69, 9.17) is 4.74 Å². The van der Waals surface area contributed by atoms with Gasteiger partial charge in [-0.2, -0.15) is 10.3 Å². The minimum atomic E-state index is 0.687. The van der Waals surface area contributed by atoms with Crippen LogP contribution in [0.2, 0.25) is 0 Å². The lowest BCUT2D eigenvalue weighted by molar-refractivity contribution is 0.414. The Morgan fingerprint density at radius 2 is 2.13 bits per heavy atom. The van der Waals surface area contributed by atoms with E-state index in [0.717, 1.165) is 23.7 Å². The standard InChI is InChI=1S/C15H19N7O/c1-21-12(7-9-16-21)11-22(10-8-15-17-19-20-18-15)13-5-3-4-6-14(13)23-2/h3-7,9H,8,10-11H2,1-2H3,(H,17,18,19,20). The molecule has 0 unspecified atom stereocenters. The minimum absolute atomic E-state index is 0.687. The first-order valence-electron chi connectivity index (χ1n) is 7.35. The fraction of sp³-hybridized carbons (Fsp3) is 0.333. The number of aryl methyl sites for hydroxylation is 1. The molecular weight excluding hydrogens is 294 g/mol. The number of tetrazole rings is 1. The van der Waals surface area contributed by atoms with Gasteiger partial charge in [-0.05, 0) is 18.2 Å². The summed E-state index contributed by atoms with van der Waals surface area (Å²) in [6.45, 7) is 1.46. The minimum Gasteiger partial charge on any atom is -0.495 e. The van der Waals surface area contributed by atoms with E-state index in [1.807, 2.05) is 42.1 Å². The molecule has 0 amide bonds. The van der Waals surface area contributed by atoms with E-state index >= 15 is 0 Å². The molecule has 2 aromatic heterocycles. The SMILES string of the molecule is COc1ccccc1N(CCc1nn[nH]n1)Cc1ccnn1C. The molecular formula is C15H19N7O. The Morgan fingerprint density at radius 3 is 2.83 bits per heavy atom. The Balaban J connectivity index is 1.84. The quantitative estimate of drug-likeness (QED) is 0.705. The van der Waals surface area contributed by atoms with Gasteiger partial charge in [0.25, 0.3) is 0 Å². The average molecular weight is 313 g/mol. The van der Waals surface area contributed by atoms with E-state index in [1.165, 1.54) is 0 Å². The summed E-state index contributed by atoms with van der Waals surface area (Å²) in [5.41, 5.74) is 2.14. The number of benzene rings is 1. The van der Waals surface area contributed by atoms with Gasteiger partial charge in [-0.3, -0.25) is 4.68 Å². The van der Waals surface area contributed by atoms with Gasteiger partial charge in [0.1, 0.15) is 5.75 Å². The molecule has 1 aromatic carbocycles. The zero-order valence-corrected chi connectivity index (χ0v) is 13.2. The molecule has 2 heterocycles. The van der Waals surface area contributed by atoms with Gasteiger partial charge in [0.05, 0.1) is 25.0 Å². The maximum Gasteiger partial charge on any atom is 0.176 e. The summed E-state index contributed by atoms with van der Waals surface area (Å²) in [4.78, 5) is 2.23. The topological polar surface area (TPSA) is 84.8 Å². The highest BCUT2D eigenvalue weighted by atomic mass is 16.5. The van der Waals surface area contributed by atoms with Gasteiger partial charge in [0.2, 0.25) is 0 Å².